The number of carboxylic acids is 1. The Bertz CT molecular complexity index is 310. The average molecular weight is 239 g/mol. The van der Waals surface area contributed by atoms with Crippen LogP contribution in [0.15, 0.2) is 12.2 Å². The van der Waals surface area contributed by atoms with Crippen LogP contribution in [0.25, 0.3) is 0 Å². The molecule has 0 fully saturated rings. The Balaban J connectivity index is 2.48. The van der Waals surface area contributed by atoms with Gasteiger partial charge in [-0.25, -0.2) is 0 Å². The van der Waals surface area contributed by atoms with Gasteiger partial charge in [0.15, 0.2) is 0 Å². The molecule has 2 atom stereocenters. The molecule has 0 radical (unpaired) electrons. The topological polar surface area (TPSA) is 66.4 Å². The SMILES string of the molecule is CC(C)CCNC(=O)C1CC=CCC1C(=O)O. The van der Waals surface area contributed by atoms with Crippen LogP contribution >= 0.6 is 0 Å². The first-order valence-electron chi connectivity index (χ1n) is 6.18. The molecule has 4 heteroatoms. The summed E-state index contributed by atoms with van der Waals surface area (Å²) in [7, 11) is 0. The van der Waals surface area contributed by atoms with E-state index in [0.717, 1.165) is 6.42 Å². The van der Waals surface area contributed by atoms with E-state index < -0.39 is 17.8 Å². The molecule has 1 rings (SSSR count). The molecule has 17 heavy (non-hydrogen) atoms. The second-order valence-electron chi connectivity index (χ2n) is 4.97. The van der Waals surface area contributed by atoms with E-state index in [1.807, 2.05) is 12.2 Å². The van der Waals surface area contributed by atoms with Gasteiger partial charge >= 0.3 is 5.97 Å². The molecule has 0 spiro atoms. The molecule has 0 aromatic rings. The third-order valence-electron chi connectivity index (χ3n) is 3.11. The van der Waals surface area contributed by atoms with Gasteiger partial charge in [0.2, 0.25) is 5.91 Å². The molecule has 2 N–H and O–H groups in total. The van der Waals surface area contributed by atoms with Crippen LogP contribution in [0.4, 0.5) is 0 Å². The number of carbonyl (C=O) groups is 2. The summed E-state index contributed by atoms with van der Waals surface area (Å²) in [5, 5.41) is 11.9. The molecule has 0 saturated heterocycles. The normalized spacial score (nSPS) is 23.7. The minimum absolute atomic E-state index is 0.123. The molecule has 96 valence electrons. The monoisotopic (exact) mass is 239 g/mol. The molecule has 2 unspecified atom stereocenters. The van der Waals surface area contributed by atoms with Gasteiger partial charge in [-0.3, -0.25) is 9.59 Å². The zero-order valence-corrected chi connectivity index (χ0v) is 10.5. The third-order valence-corrected chi connectivity index (χ3v) is 3.11. The molecule has 0 heterocycles. The molecule has 0 saturated carbocycles. The van der Waals surface area contributed by atoms with Crippen molar-refractivity contribution in [2.75, 3.05) is 6.54 Å². The van der Waals surface area contributed by atoms with Crippen molar-refractivity contribution in [3.05, 3.63) is 12.2 Å². The second kappa shape index (κ2) is 6.42. The van der Waals surface area contributed by atoms with E-state index in [1.165, 1.54) is 0 Å². The summed E-state index contributed by atoms with van der Waals surface area (Å²) < 4.78 is 0. The van der Waals surface area contributed by atoms with Gasteiger partial charge in [0.05, 0.1) is 11.8 Å². The fourth-order valence-electron chi connectivity index (χ4n) is 1.99. The highest BCUT2D eigenvalue weighted by molar-refractivity contribution is 5.85. The summed E-state index contributed by atoms with van der Waals surface area (Å²) in [6, 6.07) is 0. The van der Waals surface area contributed by atoms with Gasteiger partial charge in [0.25, 0.3) is 0 Å². The predicted octanol–water partition coefficient (Wildman–Crippen LogP) is 1.82. The van der Waals surface area contributed by atoms with Crippen molar-refractivity contribution < 1.29 is 14.7 Å². The highest BCUT2D eigenvalue weighted by atomic mass is 16.4. The molecular weight excluding hydrogens is 218 g/mol. The summed E-state index contributed by atoms with van der Waals surface area (Å²) >= 11 is 0. The molecule has 1 aliphatic carbocycles. The number of hydrogen-bond donors (Lipinski definition) is 2. The van der Waals surface area contributed by atoms with Crippen molar-refractivity contribution in [2.24, 2.45) is 17.8 Å². The molecule has 0 aromatic heterocycles. The summed E-state index contributed by atoms with van der Waals surface area (Å²) in [5.74, 6) is -1.44. The first-order chi connectivity index (χ1) is 8.02. The van der Waals surface area contributed by atoms with Gasteiger partial charge in [-0.15, -0.1) is 0 Å². The van der Waals surface area contributed by atoms with Crippen LogP contribution < -0.4 is 5.32 Å². The molecule has 1 aliphatic rings. The van der Waals surface area contributed by atoms with Crippen molar-refractivity contribution in [2.45, 2.75) is 33.1 Å². The minimum Gasteiger partial charge on any atom is -0.481 e. The van der Waals surface area contributed by atoms with Crippen LogP contribution in [0.3, 0.4) is 0 Å². The lowest BCUT2D eigenvalue weighted by molar-refractivity contribution is -0.147. The molecule has 1 amide bonds. The van der Waals surface area contributed by atoms with Crippen LogP contribution in [-0.2, 0) is 9.59 Å². The van der Waals surface area contributed by atoms with Crippen LogP contribution in [0.5, 0.6) is 0 Å². The summed E-state index contributed by atoms with van der Waals surface area (Å²) in [5.41, 5.74) is 0. The maximum absolute atomic E-state index is 11.9. The van der Waals surface area contributed by atoms with E-state index in [2.05, 4.69) is 19.2 Å². The highest BCUT2D eigenvalue weighted by Crippen LogP contribution is 2.25. The van der Waals surface area contributed by atoms with Crippen molar-refractivity contribution >= 4 is 11.9 Å². The van der Waals surface area contributed by atoms with E-state index in [0.29, 0.717) is 25.3 Å². The van der Waals surface area contributed by atoms with Crippen molar-refractivity contribution in [1.82, 2.24) is 5.32 Å². The maximum Gasteiger partial charge on any atom is 0.307 e. The summed E-state index contributed by atoms with van der Waals surface area (Å²) in [4.78, 5) is 22.9. The Labute approximate surface area is 102 Å². The number of hydrogen-bond acceptors (Lipinski definition) is 2. The Hall–Kier alpha value is -1.32. The third kappa shape index (κ3) is 4.21. The fraction of sp³-hybridized carbons (Fsp3) is 0.692. The Morgan fingerprint density at radius 2 is 1.88 bits per heavy atom. The van der Waals surface area contributed by atoms with E-state index >= 15 is 0 Å². The van der Waals surface area contributed by atoms with Gasteiger partial charge in [-0.05, 0) is 25.2 Å². The first kappa shape index (κ1) is 13.7. The lowest BCUT2D eigenvalue weighted by Gasteiger charge is -2.24. The van der Waals surface area contributed by atoms with Gasteiger partial charge < -0.3 is 10.4 Å². The zero-order chi connectivity index (χ0) is 12.8. The number of aliphatic carboxylic acids is 1. The summed E-state index contributed by atoms with van der Waals surface area (Å²) in [6.07, 6.45) is 5.65. The number of nitrogens with one attached hydrogen (secondary N) is 1. The number of allylic oxidation sites excluding steroid dienone is 2. The van der Waals surface area contributed by atoms with Gasteiger partial charge in [-0.2, -0.15) is 0 Å². The van der Waals surface area contributed by atoms with Crippen molar-refractivity contribution in [3.63, 3.8) is 0 Å². The minimum atomic E-state index is -0.877. The number of carbonyl (C=O) groups excluding carboxylic acids is 1. The highest BCUT2D eigenvalue weighted by Gasteiger charge is 2.33. The van der Waals surface area contributed by atoms with E-state index in [1.54, 1.807) is 0 Å². The number of rotatable bonds is 5. The number of carboxylic acid groups (broad SMARTS) is 1. The quantitative estimate of drug-likeness (QED) is 0.719. The number of amides is 1. The van der Waals surface area contributed by atoms with E-state index in [9.17, 15) is 9.59 Å². The zero-order valence-electron chi connectivity index (χ0n) is 10.5. The lowest BCUT2D eigenvalue weighted by Crippen LogP contribution is -2.39. The second-order valence-corrected chi connectivity index (χ2v) is 4.97. The molecule has 0 bridgehead atoms. The van der Waals surface area contributed by atoms with E-state index in [4.69, 9.17) is 5.11 Å². The largest absolute Gasteiger partial charge is 0.481 e. The first-order valence-corrected chi connectivity index (χ1v) is 6.18. The van der Waals surface area contributed by atoms with E-state index in [-0.39, 0.29) is 5.91 Å². The van der Waals surface area contributed by atoms with Crippen molar-refractivity contribution in [1.29, 1.82) is 0 Å². The average Bonchev–Trinajstić information content (AvgIpc) is 2.28. The predicted molar refractivity (Wildman–Crippen MR) is 65.5 cm³/mol. The van der Waals surface area contributed by atoms with Gasteiger partial charge in [-0.1, -0.05) is 26.0 Å². The molecule has 0 aliphatic heterocycles. The van der Waals surface area contributed by atoms with Crippen molar-refractivity contribution in [3.8, 4) is 0 Å². The van der Waals surface area contributed by atoms with Crippen LogP contribution in [0.2, 0.25) is 0 Å². The fourth-order valence-corrected chi connectivity index (χ4v) is 1.99. The summed E-state index contributed by atoms with van der Waals surface area (Å²) in [6.45, 7) is 4.81. The Kier molecular flexibility index (Phi) is 5.19. The lowest BCUT2D eigenvalue weighted by atomic mass is 9.82. The smallest absolute Gasteiger partial charge is 0.307 e. The van der Waals surface area contributed by atoms with Gasteiger partial charge in [0.1, 0.15) is 0 Å². The molecule has 4 nitrogen and oxygen atoms in total. The molecular formula is C13H21NO3. The Morgan fingerprint density at radius 1 is 1.29 bits per heavy atom. The van der Waals surface area contributed by atoms with Crippen LogP contribution in [0.1, 0.15) is 33.1 Å². The maximum atomic E-state index is 11.9. The Morgan fingerprint density at radius 3 is 2.41 bits per heavy atom. The van der Waals surface area contributed by atoms with Crippen LogP contribution in [-0.4, -0.2) is 23.5 Å². The van der Waals surface area contributed by atoms with Crippen LogP contribution in [0, 0.1) is 17.8 Å². The standard InChI is InChI=1S/C13H21NO3/c1-9(2)7-8-14-12(15)10-5-3-4-6-11(10)13(16)17/h3-4,9-11H,5-8H2,1-2H3,(H,14,15)(H,16,17). The molecule has 0 aromatic carbocycles. The van der Waals surface area contributed by atoms with Gasteiger partial charge in [0, 0.05) is 6.54 Å².